The number of methoxy groups -OCH3 is 1. The predicted octanol–water partition coefficient (Wildman–Crippen LogP) is 5.31. The van der Waals surface area contributed by atoms with E-state index < -0.39 is 0 Å². The number of hydrogen-bond donors (Lipinski definition) is 2. The highest BCUT2D eigenvalue weighted by Gasteiger charge is 2.10. The topological polar surface area (TPSA) is 53.7 Å². The van der Waals surface area contributed by atoms with Crippen molar-refractivity contribution < 1.29 is 4.74 Å². The van der Waals surface area contributed by atoms with Gasteiger partial charge in [0.2, 0.25) is 0 Å². The molecule has 0 aliphatic carbocycles. The maximum atomic E-state index is 5.34. The maximum Gasteiger partial charge on any atom is 0.137 e. The Labute approximate surface area is 156 Å². The molecule has 3 aromatic heterocycles. The van der Waals surface area contributed by atoms with Gasteiger partial charge in [-0.15, -0.1) is 0 Å². The second-order valence-corrected chi connectivity index (χ2v) is 6.73. The highest BCUT2D eigenvalue weighted by Crippen LogP contribution is 2.28. The molecule has 4 nitrogen and oxygen atoms in total. The second-order valence-electron chi connectivity index (χ2n) is 6.73. The molecule has 0 radical (unpaired) electrons. The summed E-state index contributed by atoms with van der Waals surface area (Å²) in [4.78, 5) is 11.4. The lowest BCUT2D eigenvalue weighted by Crippen LogP contribution is -1.89. The summed E-state index contributed by atoms with van der Waals surface area (Å²) in [6.07, 6.45) is 4.79. The molecule has 2 N–H and O–H groups in total. The number of para-hydroxylation sites is 1. The summed E-state index contributed by atoms with van der Waals surface area (Å²) in [6, 6.07) is 20.9. The average molecular weight is 353 g/mol. The zero-order chi connectivity index (χ0) is 18.2. The van der Waals surface area contributed by atoms with Crippen LogP contribution >= 0.6 is 0 Å². The minimum atomic E-state index is 0.828. The number of H-pyrrole nitrogens is 2. The highest BCUT2D eigenvalue weighted by atomic mass is 16.5. The van der Waals surface area contributed by atoms with E-state index in [1.165, 1.54) is 16.5 Å². The van der Waals surface area contributed by atoms with Gasteiger partial charge in [0, 0.05) is 39.9 Å². The Morgan fingerprint density at radius 2 is 1.93 bits per heavy atom. The standard InChI is InChI=1S/C23H19N3O/c1-27-19-7-4-5-15(10-19)9-17-13-24-23-20(17)11-18(14-25-23)22-12-16-6-2-3-8-21(16)26-22/h2-8,10-14,26H,9H2,1H3,(H,24,25). The Morgan fingerprint density at radius 1 is 1.00 bits per heavy atom. The maximum absolute atomic E-state index is 5.34. The van der Waals surface area contributed by atoms with Crippen molar-refractivity contribution in [2.45, 2.75) is 6.42 Å². The Kier molecular flexibility index (Phi) is 3.68. The SMILES string of the molecule is COc1cccc(Cc2c[nH]c3ncc(-c4cc5ccccc5[nH]4)cc23)c1. The summed E-state index contributed by atoms with van der Waals surface area (Å²) in [7, 11) is 1.70. The Balaban J connectivity index is 1.55. The zero-order valence-electron chi connectivity index (χ0n) is 15.0. The first-order chi connectivity index (χ1) is 13.3. The van der Waals surface area contributed by atoms with E-state index in [4.69, 9.17) is 4.74 Å². The van der Waals surface area contributed by atoms with E-state index >= 15 is 0 Å². The first kappa shape index (κ1) is 15.7. The third-order valence-corrected chi connectivity index (χ3v) is 4.99. The molecule has 3 heterocycles. The van der Waals surface area contributed by atoms with Crippen LogP contribution in [0.5, 0.6) is 5.75 Å². The molecule has 0 fully saturated rings. The van der Waals surface area contributed by atoms with E-state index in [-0.39, 0.29) is 0 Å². The highest BCUT2D eigenvalue weighted by molar-refractivity contribution is 5.89. The lowest BCUT2D eigenvalue weighted by atomic mass is 10.0. The molecule has 5 rings (SSSR count). The molecule has 0 saturated heterocycles. The molecule has 0 atom stereocenters. The average Bonchev–Trinajstić information content (AvgIpc) is 3.32. The van der Waals surface area contributed by atoms with Crippen LogP contribution in [0.25, 0.3) is 33.2 Å². The Bertz CT molecular complexity index is 1220. The lowest BCUT2D eigenvalue weighted by molar-refractivity contribution is 0.414. The Morgan fingerprint density at radius 3 is 2.81 bits per heavy atom. The molecule has 0 aliphatic heterocycles. The summed E-state index contributed by atoms with van der Waals surface area (Å²) in [6.45, 7) is 0. The van der Waals surface area contributed by atoms with E-state index in [0.717, 1.165) is 40.0 Å². The van der Waals surface area contributed by atoms with Gasteiger partial charge < -0.3 is 14.7 Å². The van der Waals surface area contributed by atoms with Crippen molar-refractivity contribution in [3.05, 3.63) is 84.2 Å². The van der Waals surface area contributed by atoms with Crippen molar-refractivity contribution in [1.29, 1.82) is 0 Å². The van der Waals surface area contributed by atoms with E-state index in [2.05, 4.69) is 57.4 Å². The van der Waals surface area contributed by atoms with Crippen molar-refractivity contribution in [2.24, 2.45) is 0 Å². The molecule has 5 aromatic rings. The first-order valence-electron chi connectivity index (χ1n) is 8.97. The van der Waals surface area contributed by atoms with E-state index in [0.29, 0.717) is 0 Å². The van der Waals surface area contributed by atoms with Crippen LogP contribution in [0.2, 0.25) is 0 Å². The van der Waals surface area contributed by atoms with Gasteiger partial charge in [0.1, 0.15) is 11.4 Å². The third kappa shape index (κ3) is 2.85. The fraction of sp³-hybridized carbons (Fsp3) is 0.0870. The minimum Gasteiger partial charge on any atom is -0.497 e. The molecule has 27 heavy (non-hydrogen) atoms. The first-order valence-corrected chi connectivity index (χ1v) is 8.97. The molecule has 0 unspecified atom stereocenters. The number of fused-ring (bicyclic) bond motifs is 2. The van der Waals surface area contributed by atoms with Crippen LogP contribution in [0.4, 0.5) is 0 Å². The van der Waals surface area contributed by atoms with Gasteiger partial charge in [-0.05, 0) is 47.9 Å². The molecular formula is C23H19N3O. The summed E-state index contributed by atoms with van der Waals surface area (Å²) in [5, 5.41) is 2.35. The largest absolute Gasteiger partial charge is 0.497 e. The molecule has 0 aliphatic rings. The molecule has 0 spiro atoms. The third-order valence-electron chi connectivity index (χ3n) is 4.99. The normalized spacial score (nSPS) is 11.3. The number of nitrogens with one attached hydrogen (secondary N) is 2. The van der Waals surface area contributed by atoms with Gasteiger partial charge in [-0.1, -0.05) is 30.3 Å². The molecule has 132 valence electrons. The summed E-state index contributed by atoms with van der Waals surface area (Å²) in [5.41, 5.74) is 6.66. The fourth-order valence-electron chi connectivity index (χ4n) is 3.58. The van der Waals surface area contributed by atoms with Crippen molar-refractivity contribution >= 4 is 21.9 Å². The number of hydrogen-bond acceptors (Lipinski definition) is 2. The van der Waals surface area contributed by atoms with Gasteiger partial charge in [-0.3, -0.25) is 0 Å². The minimum absolute atomic E-state index is 0.828. The Hall–Kier alpha value is -3.53. The fourth-order valence-corrected chi connectivity index (χ4v) is 3.58. The van der Waals surface area contributed by atoms with Gasteiger partial charge in [0.25, 0.3) is 0 Å². The van der Waals surface area contributed by atoms with Gasteiger partial charge in [0.15, 0.2) is 0 Å². The van der Waals surface area contributed by atoms with E-state index in [1.54, 1.807) is 7.11 Å². The van der Waals surface area contributed by atoms with Crippen LogP contribution in [0.15, 0.2) is 73.1 Å². The predicted molar refractivity (Wildman–Crippen MR) is 109 cm³/mol. The number of benzene rings is 2. The summed E-state index contributed by atoms with van der Waals surface area (Å²) < 4.78 is 5.34. The number of pyridine rings is 1. The van der Waals surface area contributed by atoms with Crippen LogP contribution in [-0.2, 0) is 6.42 Å². The number of aromatic amines is 2. The van der Waals surface area contributed by atoms with Crippen molar-refractivity contribution in [2.75, 3.05) is 7.11 Å². The van der Waals surface area contributed by atoms with Crippen molar-refractivity contribution in [3.8, 4) is 17.0 Å². The van der Waals surface area contributed by atoms with Crippen molar-refractivity contribution in [3.63, 3.8) is 0 Å². The molecular weight excluding hydrogens is 334 g/mol. The molecule has 0 bridgehead atoms. The smallest absolute Gasteiger partial charge is 0.137 e. The summed E-state index contributed by atoms with van der Waals surface area (Å²) in [5.74, 6) is 0.879. The lowest BCUT2D eigenvalue weighted by Gasteiger charge is -2.04. The van der Waals surface area contributed by atoms with Crippen LogP contribution in [0.3, 0.4) is 0 Å². The monoisotopic (exact) mass is 353 g/mol. The number of rotatable bonds is 4. The molecule has 2 aromatic carbocycles. The quantitative estimate of drug-likeness (QED) is 0.460. The second kappa shape index (κ2) is 6.32. The number of nitrogens with zero attached hydrogens (tertiary/aromatic N) is 1. The number of ether oxygens (including phenoxy) is 1. The van der Waals surface area contributed by atoms with E-state index in [1.807, 2.05) is 30.6 Å². The summed E-state index contributed by atoms with van der Waals surface area (Å²) >= 11 is 0. The van der Waals surface area contributed by atoms with Crippen LogP contribution in [0, 0.1) is 0 Å². The van der Waals surface area contributed by atoms with Gasteiger partial charge in [-0.25, -0.2) is 4.98 Å². The van der Waals surface area contributed by atoms with Gasteiger partial charge in [-0.2, -0.15) is 0 Å². The van der Waals surface area contributed by atoms with Crippen molar-refractivity contribution in [1.82, 2.24) is 15.0 Å². The molecule has 4 heteroatoms. The van der Waals surface area contributed by atoms with Gasteiger partial charge in [0.05, 0.1) is 7.11 Å². The molecule has 0 saturated carbocycles. The molecule has 0 amide bonds. The van der Waals surface area contributed by atoms with Crippen LogP contribution < -0.4 is 4.74 Å². The van der Waals surface area contributed by atoms with E-state index in [9.17, 15) is 0 Å². The zero-order valence-corrected chi connectivity index (χ0v) is 15.0. The van der Waals surface area contributed by atoms with Gasteiger partial charge >= 0.3 is 0 Å². The number of aromatic nitrogens is 3. The van der Waals surface area contributed by atoms with Crippen LogP contribution in [-0.4, -0.2) is 22.1 Å². The van der Waals surface area contributed by atoms with Crippen LogP contribution in [0.1, 0.15) is 11.1 Å².